The number of aromatic amines is 1. The molecule has 0 aliphatic rings. The van der Waals surface area contributed by atoms with Crippen molar-refractivity contribution in [2.24, 2.45) is 0 Å². The molecule has 0 unspecified atom stereocenters. The summed E-state index contributed by atoms with van der Waals surface area (Å²) in [6.07, 6.45) is 3.16. The largest absolute Gasteiger partial charge is 0.384 e. The highest BCUT2D eigenvalue weighted by Gasteiger charge is 2.17. The summed E-state index contributed by atoms with van der Waals surface area (Å²) < 4.78 is 26.9. The van der Waals surface area contributed by atoms with Gasteiger partial charge in [-0.1, -0.05) is 24.0 Å². The van der Waals surface area contributed by atoms with Crippen LogP contribution >= 0.6 is 0 Å². The number of rotatable bonds is 4. The van der Waals surface area contributed by atoms with Crippen LogP contribution in [0, 0.1) is 11.8 Å². The van der Waals surface area contributed by atoms with Gasteiger partial charge in [-0.05, 0) is 12.1 Å². The van der Waals surface area contributed by atoms with Crippen LogP contribution in [-0.2, 0) is 16.6 Å². The van der Waals surface area contributed by atoms with Gasteiger partial charge in [-0.2, -0.15) is 0 Å². The highest BCUT2D eigenvalue weighted by Crippen LogP contribution is 2.14. The number of nitrogens with one attached hydrogen (secondary N) is 2. The highest BCUT2D eigenvalue weighted by atomic mass is 32.2. The lowest BCUT2D eigenvalue weighted by Gasteiger charge is -2.07. The minimum atomic E-state index is -3.69. The zero-order valence-electron chi connectivity index (χ0n) is 10.5. The van der Waals surface area contributed by atoms with Crippen LogP contribution in [0.15, 0.2) is 41.6 Å². The van der Waals surface area contributed by atoms with Crippen molar-refractivity contribution in [3.63, 3.8) is 0 Å². The number of hydrogen-bond acceptors (Lipinski definition) is 4. The number of sulfonamides is 1. The first-order chi connectivity index (χ1) is 9.63. The molecule has 0 saturated carbocycles. The Morgan fingerprint density at radius 3 is 2.85 bits per heavy atom. The molecule has 0 amide bonds. The Morgan fingerprint density at radius 1 is 1.35 bits per heavy atom. The third kappa shape index (κ3) is 3.45. The summed E-state index contributed by atoms with van der Waals surface area (Å²) in [4.78, 5) is 6.83. The number of nitrogens with zero attached hydrogens (tertiary/aromatic N) is 1. The van der Waals surface area contributed by atoms with E-state index >= 15 is 0 Å². The zero-order valence-corrected chi connectivity index (χ0v) is 11.3. The summed E-state index contributed by atoms with van der Waals surface area (Å²) in [5.74, 6) is 5.58. The van der Waals surface area contributed by atoms with Crippen LogP contribution in [0.25, 0.3) is 0 Å². The lowest BCUT2D eigenvalue weighted by Crippen LogP contribution is -2.24. The van der Waals surface area contributed by atoms with Crippen molar-refractivity contribution in [2.45, 2.75) is 11.4 Å². The SMILES string of the molecule is O=S(=O)(NCc1ncc[nH]1)c1ccccc1C#CCO. The standard InChI is InChI=1S/C13H13N3O3S/c17-9-3-5-11-4-1-2-6-12(11)20(18,19)16-10-13-14-7-8-15-13/h1-2,4,6-8,16-17H,9-10H2,(H,14,15). The van der Waals surface area contributed by atoms with Crippen molar-refractivity contribution in [1.29, 1.82) is 0 Å². The second kappa shape index (κ2) is 6.34. The number of aliphatic hydroxyl groups is 1. The Morgan fingerprint density at radius 2 is 2.15 bits per heavy atom. The minimum absolute atomic E-state index is 0.0666. The maximum absolute atomic E-state index is 12.2. The molecule has 0 saturated heterocycles. The van der Waals surface area contributed by atoms with Crippen molar-refractivity contribution in [2.75, 3.05) is 6.61 Å². The molecule has 0 radical (unpaired) electrons. The van der Waals surface area contributed by atoms with Crippen molar-refractivity contribution in [3.05, 3.63) is 48.0 Å². The first-order valence-electron chi connectivity index (χ1n) is 5.80. The summed E-state index contributed by atoms with van der Waals surface area (Å²) in [5, 5.41) is 8.70. The highest BCUT2D eigenvalue weighted by molar-refractivity contribution is 7.89. The van der Waals surface area contributed by atoms with Crippen LogP contribution in [0.4, 0.5) is 0 Å². The summed E-state index contributed by atoms with van der Waals surface area (Å²) >= 11 is 0. The third-order valence-electron chi connectivity index (χ3n) is 2.46. The van der Waals surface area contributed by atoms with Gasteiger partial charge in [-0.25, -0.2) is 18.1 Å². The van der Waals surface area contributed by atoms with Crippen molar-refractivity contribution >= 4 is 10.0 Å². The second-order valence-corrected chi connectivity index (χ2v) is 5.55. The third-order valence-corrected chi connectivity index (χ3v) is 3.92. The first kappa shape index (κ1) is 14.3. The van der Waals surface area contributed by atoms with Gasteiger partial charge in [-0.3, -0.25) is 0 Å². The zero-order chi connectivity index (χ0) is 14.4. The molecule has 0 aliphatic carbocycles. The molecular formula is C13H13N3O3S. The summed E-state index contributed by atoms with van der Waals surface area (Å²) in [6, 6.07) is 6.36. The Bertz CT molecular complexity index is 728. The topological polar surface area (TPSA) is 95.1 Å². The van der Waals surface area contributed by atoms with Gasteiger partial charge in [0.1, 0.15) is 12.4 Å². The van der Waals surface area contributed by atoms with E-state index in [0.29, 0.717) is 11.4 Å². The molecule has 7 heteroatoms. The average molecular weight is 291 g/mol. The smallest absolute Gasteiger partial charge is 0.242 e. The van der Waals surface area contributed by atoms with Crippen molar-refractivity contribution in [1.82, 2.24) is 14.7 Å². The van der Waals surface area contributed by atoms with Gasteiger partial charge < -0.3 is 10.1 Å². The Kier molecular flexibility index (Phi) is 4.53. The molecule has 104 valence electrons. The molecular weight excluding hydrogens is 278 g/mol. The molecule has 0 atom stereocenters. The maximum Gasteiger partial charge on any atom is 0.242 e. The van der Waals surface area contributed by atoms with Crippen LogP contribution in [0.2, 0.25) is 0 Å². The summed E-state index contributed by atoms with van der Waals surface area (Å²) in [5.41, 5.74) is 0.341. The van der Waals surface area contributed by atoms with E-state index in [1.807, 2.05) is 0 Å². The van der Waals surface area contributed by atoms with Gasteiger partial charge in [0.05, 0.1) is 11.4 Å². The number of hydrogen-bond donors (Lipinski definition) is 3. The van der Waals surface area contributed by atoms with Crippen molar-refractivity contribution in [3.8, 4) is 11.8 Å². The van der Waals surface area contributed by atoms with E-state index in [1.54, 1.807) is 30.6 Å². The Hall–Kier alpha value is -2.14. The maximum atomic E-state index is 12.2. The van der Waals surface area contributed by atoms with Crippen LogP contribution in [0.1, 0.15) is 11.4 Å². The number of aliphatic hydroxyl groups excluding tert-OH is 1. The molecule has 1 heterocycles. The van der Waals surface area contributed by atoms with Crippen LogP contribution in [0.5, 0.6) is 0 Å². The van der Waals surface area contributed by atoms with E-state index in [0.717, 1.165) is 0 Å². The molecule has 2 aromatic rings. The molecule has 0 bridgehead atoms. The lowest BCUT2D eigenvalue weighted by atomic mass is 10.2. The summed E-state index contributed by atoms with van der Waals surface area (Å²) in [6.45, 7) is -0.259. The molecule has 0 fully saturated rings. The second-order valence-electron chi connectivity index (χ2n) is 3.82. The Balaban J connectivity index is 2.25. The van der Waals surface area contributed by atoms with Gasteiger partial charge in [0.2, 0.25) is 10.0 Å². The fourth-order valence-corrected chi connectivity index (χ4v) is 2.72. The molecule has 0 aliphatic heterocycles. The molecule has 2 rings (SSSR count). The molecule has 1 aromatic carbocycles. The molecule has 3 N–H and O–H groups in total. The lowest BCUT2D eigenvalue weighted by molar-refractivity contribution is 0.350. The number of benzene rings is 1. The molecule has 1 aromatic heterocycles. The number of imidazole rings is 1. The van der Waals surface area contributed by atoms with E-state index in [2.05, 4.69) is 26.5 Å². The molecule has 20 heavy (non-hydrogen) atoms. The van der Waals surface area contributed by atoms with Gasteiger partial charge >= 0.3 is 0 Å². The van der Waals surface area contributed by atoms with Gasteiger partial charge in [0.25, 0.3) is 0 Å². The predicted octanol–water partition coefficient (Wildman–Crippen LogP) is 0.232. The van der Waals surface area contributed by atoms with E-state index in [4.69, 9.17) is 5.11 Å². The number of H-pyrrole nitrogens is 1. The average Bonchev–Trinajstić information content (AvgIpc) is 2.97. The van der Waals surface area contributed by atoms with Crippen LogP contribution in [-0.4, -0.2) is 30.1 Å². The van der Waals surface area contributed by atoms with E-state index < -0.39 is 10.0 Å². The predicted molar refractivity (Wildman–Crippen MR) is 73.0 cm³/mol. The van der Waals surface area contributed by atoms with Gasteiger partial charge in [0.15, 0.2) is 0 Å². The fraction of sp³-hybridized carbons (Fsp3) is 0.154. The van der Waals surface area contributed by atoms with Crippen LogP contribution < -0.4 is 4.72 Å². The summed E-state index contributed by atoms with van der Waals surface area (Å²) in [7, 11) is -3.69. The molecule has 0 spiro atoms. The normalized spacial score (nSPS) is 10.8. The van der Waals surface area contributed by atoms with Crippen molar-refractivity contribution < 1.29 is 13.5 Å². The Labute approximate surface area is 116 Å². The van der Waals surface area contributed by atoms with Gasteiger partial charge in [-0.15, -0.1) is 0 Å². The quantitative estimate of drug-likeness (QED) is 0.703. The van der Waals surface area contributed by atoms with E-state index in [1.165, 1.54) is 6.07 Å². The molecule has 6 nitrogen and oxygen atoms in total. The fourth-order valence-electron chi connectivity index (χ4n) is 1.57. The minimum Gasteiger partial charge on any atom is -0.384 e. The first-order valence-corrected chi connectivity index (χ1v) is 7.28. The number of aromatic nitrogens is 2. The van der Waals surface area contributed by atoms with Crippen LogP contribution in [0.3, 0.4) is 0 Å². The van der Waals surface area contributed by atoms with E-state index in [-0.39, 0.29) is 18.0 Å². The van der Waals surface area contributed by atoms with Gasteiger partial charge in [0, 0.05) is 18.0 Å². The van der Waals surface area contributed by atoms with E-state index in [9.17, 15) is 8.42 Å². The monoisotopic (exact) mass is 291 g/mol.